The van der Waals surface area contributed by atoms with Crippen LogP contribution in [-0.4, -0.2) is 25.5 Å². The highest BCUT2D eigenvalue weighted by Crippen LogP contribution is 1.96. The molecule has 15 heavy (non-hydrogen) atoms. The van der Waals surface area contributed by atoms with E-state index in [-0.39, 0.29) is 5.91 Å². The first-order chi connectivity index (χ1) is 7.02. The molecule has 0 aliphatic carbocycles. The van der Waals surface area contributed by atoms with Gasteiger partial charge in [-0.15, -0.1) is 0 Å². The van der Waals surface area contributed by atoms with Crippen molar-refractivity contribution in [2.24, 2.45) is 11.8 Å². The average molecular weight is 214 g/mol. The van der Waals surface area contributed by atoms with Crippen LogP contribution < -0.4 is 10.6 Å². The number of carbonyl (C=O) groups excluding carboxylic acids is 1. The summed E-state index contributed by atoms with van der Waals surface area (Å²) in [6.45, 7) is 11.2. The molecule has 0 spiro atoms. The minimum Gasteiger partial charge on any atom is -0.356 e. The van der Waals surface area contributed by atoms with Gasteiger partial charge < -0.3 is 10.6 Å². The van der Waals surface area contributed by atoms with E-state index < -0.39 is 0 Å². The van der Waals surface area contributed by atoms with E-state index in [4.69, 9.17) is 0 Å². The number of carbonyl (C=O) groups is 1. The lowest BCUT2D eigenvalue weighted by atomic mass is 10.1. The maximum Gasteiger partial charge on any atom is 0.221 e. The monoisotopic (exact) mass is 214 g/mol. The Morgan fingerprint density at radius 2 is 1.73 bits per heavy atom. The lowest BCUT2D eigenvalue weighted by Crippen LogP contribution is -2.30. The van der Waals surface area contributed by atoms with E-state index in [2.05, 4.69) is 38.3 Å². The molecule has 0 heterocycles. The van der Waals surface area contributed by atoms with Gasteiger partial charge in [0.2, 0.25) is 5.91 Å². The predicted molar refractivity (Wildman–Crippen MR) is 64.8 cm³/mol. The molecule has 0 atom stereocenters. The summed E-state index contributed by atoms with van der Waals surface area (Å²) in [5.74, 6) is 1.41. The topological polar surface area (TPSA) is 41.1 Å². The van der Waals surface area contributed by atoms with E-state index in [0.717, 1.165) is 25.6 Å². The molecular formula is C12H26N2O. The van der Waals surface area contributed by atoms with Crippen molar-refractivity contribution in [3.63, 3.8) is 0 Å². The highest BCUT2D eigenvalue weighted by molar-refractivity contribution is 5.76. The van der Waals surface area contributed by atoms with Gasteiger partial charge in [0.05, 0.1) is 0 Å². The fraction of sp³-hybridized carbons (Fsp3) is 0.917. The molecule has 0 aliphatic heterocycles. The van der Waals surface area contributed by atoms with Gasteiger partial charge in [-0.3, -0.25) is 4.79 Å². The Bertz CT molecular complexity index is 167. The summed E-state index contributed by atoms with van der Waals surface area (Å²) in [5.41, 5.74) is 0. The quantitative estimate of drug-likeness (QED) is 0.605. The molecule has 0 saturated carbocycles. The van der Waals surface area contributed by atoms with Crippen molar-refractivity contribution in [2.45, 2.75) is 40.5 Å². The minimum atomic E-state index is 0.153. The van der Waals surface area contributed by atoms with Gasteiger partial charge in [0.1, 0.15) is 0 Å². The SMILES string of the molecule is CC(C)CCNCCC(=O)NCC(C)C. The highest BCUT2D eigenvalue weighted by Gasteiger charge is 2.01. The van der Waals surface area contributed by atoms with Gasteiger partial charge in [-0.05, 0) is 24.8 Å². The lowest BCUT2D eigenvalue weighted by molar-refractivity contribution is -0.121. The Balaban J connectivity index is 3.24. The van der Waals surface area contributed by atoms with Crippen LogP contribution in [0.3, 0.4) is 0 Å². The molecule has 90 valence electrons. The van der Waals surface area contributed by atoms with E-state index >= 15 is 0 Å². The summed E-state index contributed by atoms with van der Waals surface area (Å²) in [7, 11) is 0. The number of nitrogens with one attached hydrogen (secondary N) is 2. The van der Waals surface area contributed by atoms with Crippen LogP contribution in [0.2, 0.25) is 0 Å². The van der Waals surface area contributed by atoms with Crippen molar-refractivity contribution in [1.29, 1.82) is 0 Å². The van der Waals surface area contributed by atoms with Gasteiger partial charge in [-0.2, -0.15) is 0 Å². The molecule has 0 radical (unpaired) electrons. The molecule has 2 N–H and O–H groups in total. The summed E-state index contributed by atoms with van der Waals surface area (Å²) in [6.07, 6.45) is 1.76. The Morgan fingerprint density at radius 3 is 2.27 bits per heavy atom. The van der Waals surface area contributed by atoms with Crippen LogP contribution in [0.1, 0.15) is 40.5 Å². The maximum atomic E-state index is 11.3. The summed E-state index contributed by atoms with van der Waals surface area (Å²) >= 11 is 0. The first-order valence-corrected chi connectivity index (χ1v) is 5.99. The standard InChI is InChI=1S/C12H26N2O/c1-10(2)5-7-13-8-6-12(15)14-9-11(3)4/h10-11,13H,5-9H2,1-4H3,(H,14,15). The fourth-order valence-electron chi connectivity index (χ4n) is 1.12. The lowest BCUT2D eigenvalue weighted by Gasteiger charge is -2.09. The molecule has 0 unspecified atom stereocenters. The molecule has 0 rings (SSSR count). The molecule has 0 saturated heterocycles. The Kier molecular flexibility index (Phi) is 8.38. The van der Waals surface area contributed by atoms with Crippen LogP contribution in [0.15, 0.2) is 0 Å². The van der Waals surface area contributed by atoms with E-state index in [1.807, 2.05) is 0 Å². The van der Waals surface area contributed by atoms with E-state index in [1.54, 1.807) is 0 Å². The second-order valence-electron chi connectivity index (χ2n) is 4.88. The van der Waals surface area contributed by atoms with Crippen molar-refractivity contribution in [3.05, 3.63) is 0 Å². The molecule has 0 aromatic rings. The van der Waals surface area contributed by atoms with Gasteiger partial charge in [-0.25, -0.2) is 0 Å². The average Bonchev–Trinajstić information content (AvgIpc) is 2.13. The number of rotatable bonds is 8. The third-order valence-electron chi connectivity index (χ3n) is 2.13. The molecule has 3 heteroatoms. The molecule has 0 bridgehead atoms. The van der Waals surface area contributed by atoms with Crippen molar-refractivity contribution < 1.29 is 4.79 Å². The summed E-state index contributed by atoms with van der Waals surface area (Å²) in [4.78, 5) is 11.3. The summed E-state index contributed by atoms with van der Waals surface area (Å²) in [6, 6.07) is 0. The molecule has 0 fully saturated rings. The van der Waals surface area contributed by atoms with Crippen molar-refractivity contribution in [3.8, 4) is 0 Å². The molecule has 0 aliphatic rings. The van der Waals surface area contributed by atoms with Crippen LogP contribution in [0.5, 0.6) is 0 Å². The zero-order valence-electron chi connectivity index (χ0n) is 10.6. The van der Waals surface area contributed by atoms with Crippen LogP contribution >= 0.6 is 0 Å². The van der Waals surface area contributed by atoms with Crippen molar-refractivity contribution in [1.82, 2.24) is 10.6 Å². The zero-order valence-corrected chi connectivity index (χ0v) is 10.6. The third kappa shape index (κ3) is 11.4. The van der Waals surface area contributed by atoms with Crippen LogP contribution in [-0.2, 0) is 4.79 Å². The normalized spacial score (nSPS) is 11.1. The Morgan fingerprint density at radius 1 is 1.07 bits per heavy atom. The predicted octanol–water partition coefficient (Wildman–Crippen LogP) is 1.78. The second-order valence-corrected chi connectivity index (χ2v) is 4.88. The van der Waals surface area contributed by atoms with Crippen molar-refractivity contribution in [2.75, 3.05) is 19.6 Å². The fourth-order valence-corrected chi connectivity index (χ4v) is 1.12. The van der Waals surface area contributed by atoms with E-state index in [1.165, 1.54) is 6.42 Å². The first kappa shape index (κ1) is 14.4. The highest BCUT2D eigenvalue weighted by atomic mass is 16.1. The molecule has 3 nitrogen and oxygen atoms in total. The van der Waals surface area contributed by atoms with Crippen LogP contribution in [0.4, 0.5) is 0 Å². The summed E-state index contributed by atoms with van der Waals surface area (Å²) in [5, 5.41) is 6.18. The number of hydrogen-bond acceptors (Lipinski definition) is 2. The third-order valence-corrected chi connectivity index (χ3v) is 2.13. The van der Waals surface area contributed by atoms with Gasteiger partial charge in [0, 0.05) is 19.5 Å². The second kappa shape index (κ2) is 8.72. The van der Waals surface area contributed by atoms with Gasteiger partial charge in [-0.1, -0.05) is 27.7 Å². The van der Waals surface area contributed by atoms with E-state index in [0.29, 0.717) is 12.3 Å². The largest absolute Gasteiger partial charge is 0.356 e. The minimum absolute atomic E-state index is 0.153. The van der Waals surface area contributed by atoms with Crippen LogP contribution in [0, 0.1) is 11.8 Å². The molecular weight excluding hydrogens is 188 g/mol. The molecule has 1 amide bonds. The smallest absolute Gasteiger partial charge is 0.221 e. The van der Waals surface area contributed by atoms with E-state index in [9.17, 15) is 4.79 Å². The van der Waals surface area contributed by atoms with Crippen molar-refractivity contribution >= 4 is 5.91 Å². The zero-order chi connectivity index (χ0) is 11.7. The van der Waals surface area contributed by atoms with Gasteiger partial charge in [0.25, 0.3) is 0 Å². The number of hydrogen-bond donors (Lipinski definition) is 2. The Labute approximate surface area is 94.0 Å². The first-order valence-electron chi connectivity index (χ1n) is 5.99. The summed E-state index contributed by atoms with van der Waals surface area (Å²) < 4.78 is 0. The Hall–Kier alpha value is -0.570. The maximum absolute atomic E-state index is 11.3. The molecule has 0 aromatic carbocycles. The molecule has 0 aromatic heterocycles. The number of amides is 1. The van der Waals surface area contributed by atoms with Gasteiger partial charge >= 0.3 is 0 Å². The van der Waals surface area contributed by atoms with Crippen LogP contribution in [0.25, 0.3) is 0 Å². The van der Waals surface area contributed by atoms with Gasteiger partial charge in [0.15, 0.2) is 0 Å².